The SMILES string of the molecule is CCC(Sc1ncccc1C(=O)OC)C(=O)O. The average Bonchev–Trinajstić information content (AvgIpc) is 2.35. The minimum Gasteiger partial charge on any atom is -0.480 e. The Morgan fingerprint density at radius 1 is 1.59 bits per heavy atom. The highest BCUT2D eigenvalue weighted by molar-refractivity contribution is 8.00. The molecule has 5 nitrogen and oxygen atoms in total. The lowest BCUT2D eigenvalue weighted by Gasteiger charge is -2.10. The molecule has 17 heavy (non-hydrogen) atoms. The quantitative estimate of drug-likeness (QED) is 0.639. The first-order chi connectivity index (χ1) is 8.10. The Labute approximate surface area is 103 Å². The number of carboxylic acid groups (broad SMARTS) is 1. The zero-order valence-electron chi connectivity index (χ0n) is 9.54. The summed E-state index contributed by atoms with van der Waals surface area (Å²) < 4.78 is 4.61. The maximum absolute atomic E-state index is 11.5. The van der Waals surface area contributed by atoms with Gasteiger partial charge in [-0.15, -0.1) is 0 Å². The number of methoxy groups -OCH3 is 1. The van der Waals surface area contributed by atoms with Gasteiger partial charge in [0.15, 0.2) is 0 Å². The van der Waals surface area contributed by atoms with Crippen molar-refractivity contribution in [1.29, 1.82) is 0 Å². The van der Waals surface area contributed by atoms with Crippen LogP contribution in [-0.2, 0) is 9.53 Å². The summed E-state index contributed by atoms with van der Waals surface area (Å²) >= 11 is 1.06. The standard InChI is InChI=1S/C11H13NO4S/c1-3-8(10(13)14)17-9-7(11(15)16-2)5-4-6-12-9/h4-6,8H,3H2,1-2H3,(H,13,14). The molecular formula is C11H13NO4S. The molecule has 1 rings (SSSR count). The second kappa shape index (κ2) is 6.24. The van der Waals surface area contributed by atoms with Crippen molar-refractivity contribution in [2.45, 2.75) is 23.6 Å². The highest BCUT2D eigenvalue weighted by atomic mass is 32.2. The number of hydrogen-bond acceptors (Lipinski definition) is 5. The van der Waals surface area contributed by atoms with Crippen molar-refractivity contribution in [2.24, 2.45) is 0 Å². The van der Waals surface area contributed by atoms with Gasteiger partial charge in [-0.2, -0.15) is 0 Å². The van der Waals surface area contributed by atoms with E-state index >= 15 is 0 Å². The number of carboxylic acids is 1. The van der Waals surface area contributed by atoms with Crippen LogP contribution in [-0.4, -0.2) is 34.4 Å². The molecule has 0 bridgehead atoms. The molecule has 1 aromatic heterocycles. The third-order valence-corrected chi connectivity index (χ3v) is 3.44. The van der Waals surface area contributed by atoms with Crippen molar-refractivity contribution < 1.29 is 19.4 Å². The topological polar surface area (TPSA) is 76.5 Å². The molecule has 0 radical (unpaired) electrons. The summed E-state index contributed by atoms with van der Waals surface area (Å²) in [5.74, 6) is -1.43. The summed E-state index contributed by atoms with van der Waals surface area (Å²) in [6.45, 7) is 1.77. The molecule has 0 aromatic carbocycles. The van der Waals surface area contributed by atoms with Gasteiger partial charge in [-0.25, -0.2) is 9.78 Å². The Hall–Kier alpha value is -1.56. The molecule has 0 saturated carbocycles. The van der Waals surface area contributed by atoms with E-state index in [2.05, 4.69) is 9.72 Å². The molecule has 1 unspecified atom stereocenters. The predicted molar refractivity (Wildman–Crippen MR) is 63.1 cm³/mol. The van der Waals surface area contributed by atoms with Crippen LogP contribution in [0, 0.1) is 0 Å². The van der Waals surface area contributed by atoms with E-state index in [4.69, 9.17) is 5.11 Å². The number of hydrogen-bond donors (Lipinski definition) is 1. The minimum atomic E-state index is -0.918. The fourth-order valence-electron chi connectivity index (χ4n) is 1.19. The molecule has 0 aliphatic rings. The molecule has 0 aliphatic heterocycles. The number of esters is 1. The van der Waals surface area contributed by atoms with E-state index in [0.717, 1.165) is 11.8 Å². The fraction of sp³-hybridized carbons (Fsp3) is 0.364. The maximum Gasteiger partial charge on any atom is 0.340 e. The Kier molecular flexibility index (Phi) is 4.96. The lowest BCUT2D eigenvalue weighted by Crippen LogP contribution is -2.16. The van der Waals surface area contributed by atoms with Crippen molar-refractivity contribution in [3.8, 4) is 0 Å². The highest BCUT2D eigenvalue weighted by Gasteiger charge is 2.21. The van der Waals surface area contributed by atoms with E-state index in [1.54, 1.807) is 19.1 Å². The van der Waals surface area contributed by atoms with Gasteiger partial charge in [0.25, 0.3) is 0 Å². The van der Waals surface area contributed by atoms with Crippen molar-refractivity contribution in [2.75, 3.05) is 7.11 Å². The van der Waals surface area contributed by atoms with Crippen molar-refractivity contribution in [3.05, 3.63) is 23.9 Å². The number of nitrogens with zero attached hydrogens (tertiary/aromatic N) is 1. The smallest absolute Gasteiger partial charge is 0.340 e. The Bertz CT molecular complexity index is 422. The summed E-state index contributed by atoms with van der Waals surface area (Å²) in [5.41, 5.74) is 0.291. The Morgan fingerprint density at radius 2 is 2.29 bits per heavy atom. The minimum absolute atomic E-state index is 0.291. The number of aromatic nitrogens is 1. The van der Waals surface area contributed by atoms with Crippen LogP contribution in [0.3, 0.4) is 0 Å². The number of pyridine rings is 1. The normalized spacial score (nSPS) is 11.9. The van der Waals surface area contributed by atoms with Gasteiger partial charge >= 0.3 is 11.9 Å². The molecule has 92 valence electrons. The highest BCUT2D eigenvalue weighted by Crippen LogP contribution is 2.27. The van der Waals surface area contributed by atoms with Crippen LogP contribution < -0.4 is 0 Å². The fourth-order valence-corrected chi connectivity index (χ4v) is 2.13. The summed E-state index contributed by atoms with van der Waals surface area (Å²) in [6, 6.07) is 3.17. The number of thioether (sulfide) groups is 1. The number of carbonyl (C=O) groups excluding carboxylic acids is 1. The van der Waals surface area contributed by atoms with E-state index in [1.165, 1.54) is 13.3 Å². The van der Waals surface area contributed by atoms with Gasteiger partial charge in [-0.3, -0.25) is 4.79 Å². The molecule has 1 heterocycles. The molecule has 0 saturated heterocycles. The van der Waals surface area contributed by atoms with Crippen LogP contribution in [0.1, 0.15) is 23.7 Å². The first-order valence-electron chi connectivity index (χ1n) is 5.03. The second-order valence-electron chi connectivity index (χ2n) is 3.20. The molecule has 0 amide bonds. The van der Waals surface area contributed by atoms with Crippen LogP contribution in [0.25, 0.3) is 0 Å². The van der Waals surface area contributed by atoms with Gasteiger partial charge in [0.2, 0.25) is 0 Å². The Morgan fingerprint density at radius 3 is 2.82 bits per heavy atom. The van der Waals surface area contributed by atoms with Gasteiger partial charge in [-0.1, -0.05) is 18.7 Å². The summed E-state index contributed by atoms with van der Waals surface area (Å²) in [6.07, 6.45) is 1.97. The van der Waals surface area contributed by atoms with Crippen LogP contribution >= 0.6 is 11.8 Å². The van der Waals surface area contributed by atoms with E-state index < -0.39 is 17.2 Å². The molecule has 1 atom stereocenters. The first-order valence-corrected chi connectivity index (χ1v) is 5.90. The zero-order chi connectivity index (χ0) is 12.8. The number of aliphatic carboxylic acids is 1. The van der Waals surface area contributed by atoms with Crippen LogP contribution in [0.2, 0.25) is 0 Å². The average molecular weight is 255 g/mol. The lowest BCUT2D eigenvalue weighted by atomic mass is 10.3. The lowest BCUT2D eigenvalue weighted by molar-refractivity contribution is -0.136. The van der Waals surface area contributed by atoms with Crippen LogP contribution in [0.4, 0.5) is 0 Å². The van der Waals surface area contributed by atoms with E-state index in [-0.39, 0.29) is 0 Å². The third kappa shape index (κ3) is 3.45. The number of ether oxygens (including phenoxy) is 1. The predicted octanol–water partition coefficient (Wildman–Crippen LogP) is 1.82. The molecule has 1 N–H and O–H groups in total. The first kappa shape index (κ1) is 13.5. The third-order valence-electron chi connectivity index (χ3n) is 2.08. The summed E-state index contributed by atoms with van der Waals surface area (Å²) in [7, 11) is 1.28. The Balaban J connectivity index is 2.97. The largest absolute Gasteiger partial charge is 0.480 e. The molecule has 1 aromatic rings. The number of rotatable bonds is 5. The van der Waals surface area contributed by atoms with Gasteiger partial charge < -0.3 is 9.84 Å². The summed E-state index contributed by atoms with van der Waals surface area (Å²) in [5, 5.41) is 8.72. The molecule has 0 spiro atoms. The van der Waals surface area contributed by atoms with Crippen molar-refractivity contribution in [3.63, 3.8) is 0 Å². The van der Waals surface area contributed by atoms with Gasteiger partial charge in [0.1, 0.15) is 10.3 Å². The zero-order valence-corrected chi connectivity index (χ0v) is 10.4. The summed E-state index contributed by atoms with van der Waals surface area (Å²) in [4.78, 5) is 26.4. The molecular weight excluding hydrogens is 242 g/mol. The van der Waals surface area contributed by atoms with Gasteiger partial charge in [0, 0.05) is 6.20 Å². The van der Waals surface area contributed by atoms with Crippen molar-refractivity contribution in [1.82, 2.24) is 4.98 Å². The van der Waals surface area contributed by atoms with Crippen molar-refractivity contribution >= 4 is 23.7 Å². The van der Waals surface area contributed by atoms with Crippen LogP contribution in [0.5, 0.6) is 0 Å². The maximum atomic E-state index is 11.5. The van der Waals surface area contributed by atoms with Crippen LogP contribution in [0.15, 0.2) is 23.4 Å². The molecule has 0 fully saturated rings. The monoisotopic (exact) mass is 255 g/mol. The molecule has 6 heteroatoms. The van der Waals surface area contributed by atoms with E-state index in [0.29, 0.717) is 17.0 Å². The molecule has 0 aliphatic carbocycles. The van der Waals surface area contributed by atoms with Gasteiger partial charge in [-0.05, 0) is 18.6 Å². The van der Waals surface area contributed by atoms with Gasteiger partial charge in [0.05, 0.1) is 12.7 Å². The number of carbonyl (C=O) groups is 2. The second-order valence-corrected chi connectivity index (χ2v) is 4.39. The van der Waals surface area contributed by atoms with E-state index in [9.17, 15) is 9.59 Å². The van der Waals surface area contributed by atoms with E-state index in [1.807, 2.05) is 0 Å².